The summed E-state index contributed by atoms with van der Waals surface area (Å²) < 4.78 is 18.7. The average Bonchev–Trinajstić information content (AvgIpc) is 2.67. The fraction of sp³-hybridized carbons (Fsp3) is 0.650. The second-order valence-electron chi connectivity index (χ2n) is 6.90. The van der Waals surface area contributed by atoms with Crippen molar-refractivity contribution in [2.45, 2.75) is 51.8 Å². The SMILES string of the molecule is CCCCN1CCC(NC(=NC)NCc2ccc(F)c(COC)c2)CC1.I. The zero-order chi connectivity index (χ0) is 18.8. The molecule has 0 bridgehead atoms. The van der Waals surface area contributed by atoms with Crippen molar-refractivity contribution >= 4 is 29.9 Å². The molecule has 1 heterocycles. The molecule has 27 heavy (non-hydrogen) atoms. The number of nitrogens with zero attached hydrogens (tertiary/aromatic N) is 2. The van der Waals surface area contributed by atoms with E-state index in [9.17, 15) is 4.39 Å². The zero-order valence-electron chi connectivity index (χ0n) is 16.8. The molecule has 0 unspecified atom stereocenters. The molecule has 1 aliphatic rings. The van der Waals surface area contributed by atoms with Gasteiger partial charge in [-0.05, 0) is 43.5 Å². The predicted octanol–water partition coefficient (Wildman–Crippen LogP) is 3.52. The topological polar surface area (TPSA) is 48.9 Å². The lowest BCUT2D eigenvalue weighted by molar-refractivity contribution is 0.181. The highest BCUT2D eigenvalue weighted by Gasteiger charge is 2.19. The molecule has 154 valence electrons. The number of piperidine rings is 1. The van der Waals surface area contributed by atoms with Crippen molar-refractivity contribution in [1.29, 1.82) is 0 Å². The van der Waals surface area contributed by atoms with Crippen molar-refractivity contribution in [2.24, 2.45) is 4.99 Å². The Morgan fingerprint density at radius 2 is 2.07 bits per heavy atom. The summed E-state index contributed by atoms with van der Waals surface area (Å²) in [6.07, 6.45) is 4.81. The average molecular weight is 492 g/mol. The van der Waals surface area contributed by atoms with Gasteiger partial charge in [0.15, 0.2) is 5.96 Å². The Kier molecular flexibility index (Phi) is 11.9. The number of ether oxygens (including phenoxy) is 1. The van der Waals surface area contributed by atoms with E-state index in [4.69, 9.17) is 4.74 Å². The summed E-state index contributed by atoms with van der Waals surface area (Å²) in [6.45, 7) is 6.63. The maximum absolute atomic E-state index is 13.7. The highest BCUT2D eigenvalue weighted by Crippen LogP contribution is 2.13. The Hall–Kier alpha value is -0.930. The molecule has 1 aromatic rings. The summed E-state index contributed by atoms with van der Waals surface area (Å²) in [5, 5.41) is 6.85. The molecule has 2 N–H and O–H groups in total. The van der Waals surface area contributed by atoms with Crippen LogP contribution in [0.2, 0.25) is 0 Å². The van der Waals surface area contributed by atoms with E-state index in [1.165, 1.54) is 25.5 Å². The first-order chi connectivity index (χ1) is 12.7. The van der Waals surface area contributed by atoms with Gasteiger partial charge in [0.25, 0.3) is 0 Å². The predicted molar refractivity (Wildman–Crippen MR) is 120 cm³/mol. The lowest BCUT2D eigenvalue weighted by Crippen LogP contribution is -2.48. The molecule has 2 rings (SSSR count). The lowest BCUT2D eigenvalue weighted by Gasteiger charge is -2.33. The van der Waals surface area contributed by atoms with Crippen molar-refractivity contribution in [3.05, 3.63) is 35.1 Å². The minimum Gasteiger partial charge on any atom is -0.380 e. The van der Waals surface area contributed by atoms with Crippen LogP contribution in [0.4, 0.5) is 4.39 Å². The van der Waals surface area contributed by atoms with Crippen molar-refractivity contribution in [3.8, 4) is 0 Å². The Balaban J connectivity index is 0.00000364. The molecule has 0 aromatic heterocycles. The van der Waals surface area contributed by atoms with Gasteiger partial charge in [0.2, 0.25) is 0 Å². The second-order valence-corrected chi connectivity index (χ2v) is 6.90. The number of nitrogens with one attached hydrogen (secondary N) is 2. The molecule has 0 amide bonds. The van der Waals surface area contributed by atoms with Crippen LogP contribution in [0.1, 0.15) is 43.7 Å². The molecular formula is C20H34FIN4O. The van der Waals surface area contributed by atoms with Crippen LogP contribution in [0.25, 0.3) is 0 Å². The lowest BCUT2D eigenvalue weighted by atomic mass is 10.0. The summed E-state index contributed by atoms with van der Waals surface area (Å²) in [5.41, 5.74) is 1.59. The van der Waals surface area contributed by atoms with Gasteiger partial charge in [-0.3, -0.25) is 4.99 Å². The quantitative estimate of drug-likeness (QED) is 0.331. The second kappa shape index (κ2) is 13.3. The van der Waals surface area contributed by atoms with E-state index in [0.29, 0.717) is 18.2 Å². The minimum absolute atomic E-state index is 0. The third-order valence-corrected chi connectivity index (χ3v) is 4.85. The Labute approximate surface area is 180 Å². The molecule has 5 nitrogen and oxygen atoms in total. The summed E-state index contributed by atoms with van der Waals surface area (Å²) in [6, 6.07) is 5.58. The maximum atomic E-state index is 13.7. The van der Waals surface area contributed by atoms with Gasteiger partial charge >= 0.3 is 0 Å². The molecule has 0 aliphatic carbocycles. The van der Waals surface area contributed by atoms with Crippen LogP contribution in [-0.2, 0) is 17.9 Å². The highest BCUT2D eigenvalue weighted by molar-refractivity contribution is 14.0. The summed E-state index contributed by atoms with van der Waals surface area (Å²) in [5.74, 6) is 0.572. The number of halogens is 2. The number of unbranched alkanes of at least 4 members (excludes halogenated alkanes) is 1. The van der Waals surface area contributed by atoms with Gasteiger partial charge in [-0.1, -0.05) is 19.4 Å². The number of hydrogen-bond donors (Lipinski definition) is 2. The first-order valence-electron chi connectivity index (χ1n) is 9.62. The third kappa shape index (κ3) is 8.31. The van der Waals surface area contributed by atoms with E-state index in [0.717, 1.165) is 37.5 Å². The summed E-state index contributed by atoms with van der Waals surface area (Å²) in [7, 11) is 3.36. The number of likely N-dealkylation sites (tertiary alicyclic amines) is 1. The van der Waals surface area contributed by atoms with Gasteiger partial charge in [0, 0.05) is 45.4 Å². The van der Waals surface area contributed by atoms with Gasteiger partial charge in [0.1, 0.15) is 5.82 Å². The normalized spacial score (nSPS) is 16.1. The summed E-state index contributed by atoms with van der Waals surface area (Å²) >= 11 is 0. The third-order valence-electron chi connectivity index (χ3n) is 4.85. The minimum atomic E-state index is -0.229. The zero-order valence-corrected chi connectivity index (χ0v) is 19.1. The van der Waals surface area contributed by atoms with Gasteiger partial charge < -0.3 is 20.3 Å². The van der Waals surface area contributed by atoms with E-state index in [-0.39, 0.29) is 36.4 Å². The molecule has 1 aliphatic heterocycles. The van der Waals surface area contributed by atoms with E-state index in [2.05, 4.69) is 27.4 Å². The van der Waals surface area contributed by atoms with Gasteiger partial charge in [-0.2, -0.15) is 0 Å². The molecule has 1 aromatic carbocycles. The number of benzene rings is 1. The first kappa shape index (κ1) is 24.1. The van der Waals surface area contributed by atoms with Crippen LogP contribution >= 0.6 is 24.0 Å². The van der Waals surface area contributed by atoms with Crippen LogP contribution in [0.3, 0.4) is 0 Å². The molecule has 0 spiro atoms. The Bertz CT molecular complexity index is 577. The fourth-order valence-corrected chi connectivity index (χ4v) is 3.26. The van der Waals surface area contributed by atoms with Gasteiger partial charge in [0.05, 0.1) is 6.61 Å². The molecule has 1 saturated heterocycles. The Morgan fingerprint density at radius 3 is 2.70 bits per heavy atom. The van der Waals surface area contributed by atoms with E-state index < -0.39 is 0 Å². The molecule has 0 radical (unpaired) electrons. The van der Waals surface area contributed by atoms with Gasteiger partial charge in [-0.15, -0.1) is 24.0 Å². The highest BCUT2D eigenvalue weighted by atomic mass is 127. The van der Waals surface area contributed by atoms with E-state index in [1.807, 2.05) is 6.07 Å². The molecule has 7 heteroatoms. The van der Waals surface area contributed by atoms with Crippen LogP contribution in [-0.4, -0.2) is 50.7 Å². The van der Waals surface area contributed by atoms with Crippen molar-refractivity contribution in [3.63, 3.8) is 0 Å². The van der Waals surface area contributed by atoms with Gasteiger partial charge in [-0.25, -0.2) is 4.39 Å². The number of rotatable bonds is 8. The molecule has 1 fully saturated rings. The number of aliphatic imine (C=N–C) groups is 1. The van der Waals surface area contributed by atoms with Crippen LogP contribution in [0, 0.1) is 5.82 Å². The smallest absolute Gasteiger partial charge is 0.191 e. The number of hydrogen-bond acceptors (Lipinski definition) is 3. The summed E-state index contributed by atoms with van der Waals surface area (Å²) in [4.78, 5) is 6.87. The van der Waals surface area contributed by atoms with Crippen LogP contribution in [0.15, 0.2) is 23.2 Å². The maximum Gasteiger partial charge on any atom is 0.191 e. The first-order valence-corrected chi connectivity index (χ1v) is 9.62. The van der Waals surface area contributed by atoms with Crippen molar-refractivity contribution in [2.75, 3.05) is 33.8 Å². The van der Waals surface area contributed by atoms with Crippen LogP contribution in [0.5, 0.6) is 0 Å². The monoisotopic (exact) mass is 492 g/mol. The molecule has 0 saturated carbocycles. The molecule has 0 atom stereocenters. The van der Waals surface area contributed by atoms with E-state index in [1.54, 1.807) is 20.2 Å². The molecular weight excluding hydrogens is 458 g/mol. The van der Waals surface area contributed by atoms with E-state index >= 15 is 0 Å². The van der Waals surface area contributed by atoms with Crippen molar-refractivity contribution < 1.29 is 9.13 Å². The van der Waals surface area contributed by atoms with Crippen molar-refractivity contribution in [1.82, 2.24) is 15.5 Å². The number of guanidine groups is 1. The fourth-order valence-electron chi connectivity index (χ4n) is 3.26. The standard InChI is InChI=1S/C20H33FN4O.HI/c1-4-5-10-25-11-8-18(9-12-25)24-20(22-2)23-14-16-6-7-19(21)17(13-16)15-26-3;/h6-7,13,18H,4-5,8-12,14-15H2,1-3H3,(H2,22,23,24);1H. The van der Waals surface area contributed by atoms with Crippen LogP contribution < -0.4 is 10.6 Å². The largest absolute Gasteiger partial charge is 0.380 e. The Morgan fingerprint density at radius 1 is 1.33 bits per heavy atom. The number of methoxy groups -OCH3 is 1.